The molecule has 1 heterocycles. The molecule has 3 heteroatoms. The number of hydrogen-bond donors (Lipinski definition) is 0. The first kappa shape index (κ1) is 25.0. The van der Waals surface area contributed by atoms with E-state index in [2.05, 4.69) is 74.8 Å². The van der Waals surface area contributed by atoms with Crippen molar-refractivity contribution in [3.05, 3.63) is 69.7 Å². The Hall–Kier alpha value is -2.68. The van der Waals surface area contributed by atoms with Crippen LogP contribution in [0.5, 0.6) is 0 Å². The van der Waals surface area contributed by atoms with E-state index in [9.17, 15) is 4.79 Å². The highest BCUT2D eigenvalue weighted by Crippen LogP contribution is 2.33. The summed E-state index contributed by atoms with van der Waals surface area (Å²) in [6.07, 6.45) is 14.9. The van der Waals surface area contributed by atoms with Gasteiger partial charge in [0, 0.05) is 19.2 Å². The van der Waals surface area contributed by atoms with E-state index in [1.54, 1.807) is 0 Å². The lowest BCUT2D eigenvalue weighted by molar-refractivity contribution is -0.127. The van der Waals surface area contributed by atoms with Gasteiger partial charge in [0.05, 0.1) is 6.42 Å². The van der Waals surface area contributed by atoms with Crippen LogP contribution < -0.4 is 10.4 Å². The largest absolute Gasteiger partial charge is 0.296 e. The third-order valence-corrected chi connectivity index (χ3v) is 6.52. The van der Waals surface area contributed by atoms with E-state index in [4.69, 9.17) is 0 Å². The Bertz CT molecular complexity index is 1080. The lowest BCUT2D eigenvalue weighted by Crippen LogP contribution is -2.44. The van der Waals surface area contributed by atoms with Gasteiger partial charge in [0.2, 0.25) is 5.91 Å². The highest BCUT2D eigenvalue weighted by atomic mass is 16.2. The van der Waals surface area contributed by atoms with Gasteiger partial charge < -0.3 is 0 Å². The van der Waals surface area contributed by atoms with Crippen LogP contribution in [0.4, 0.5) is 0 Å². The van der Waals surface area contributed by atoms with Crippen LogP contribution >= 0.6 is 0 Å². The third-order valence-electron chi connectivity index (χ3n) is 6.52. The fourth-order valence-electron chi connectivity index (χ4n) is 4.80. The Morgan fingerprint density at radius 3 is 2.58 bits per heavy atom. The molecule has 1 aromatic carbocycles. The van der Waals surface area contributed by atoms with Crippen molar-refractivity contribution < 1.29 is 4.79 Å². The molecule has 3 rings (SSSR count). The quantitative estimate of drug-likeness (QED) is 0.449. The number of nitrogens with zero attached hydrogens (tertiary/aromatic N) is 2. The average molecular weight is 445 g/mol. The van der Waals surface area contributed by atoms with Gasteiger partial charge in [-0.05, 0) is 54.0 Å². The molecule has 0 atom stereocenters. The standard InChI is InChI=1S/C30H40N2O/c1-6-7-8-13-27(19-16-24-14-17-25-11-9-10-12-26(25)18-15-24)29-23(4)20-28(33)32(21-22(2)3)30(29)31-5/h9-12,14,17-18,22H,4,6-8,13,15-16,19-21H2,1-3,5H3/b29-27-,31-30?. The predicted molar refractivity (Wildman–Crippen MR) is 141 cm³/mol. The molecule has 1 aromatic rings. The van der Waals surface area contributed by atoms with Crippen LogP contribution in [0.2, 0.25) is 0 Å². The van der Waals surface area contributed by atoms with Crippen LogP contribution in [0, 0.1) is 5.92 Å². The topological polar surface area (TPSA) is 32.7 Å². The number of rotatable bonds is 9. The van der Waals surface area contributed by atoms with Gasteiger partial charge in [-0.15, -0.1) is 0 Å². The molecule has 0 aromatic heterocycles. The van der Waals surface area contributed by atoms with E-state index in [-0.39, 0.29) is 5.91 Å². The van der Waals surface area contributed by atoms with Gasteiger partial charge in [-0.1, -0.05) is 93.8 Å². The second-order valence-electron chi connectivity index (χ2n) is 9.69. The molecule has 0 saturated carbocycles. The molecule has 1 amide bonds. The van der Waals surface area contributed by atoms with E-state index in [1.807, 2.05) is 11.9 Å². The molecule has 1 aliphatic carbocycles. The monoisotopic (exact) mass is 444 g/mol. The molecule has 0 spiro atoms. The maximum Gasteiger partial charge on any atom is 0.232 e. The third kappa shape index (κ3) is 6.43. The van der Waals surface area contributed by atoms with E-state index in [1.165, 1.54) is 40.8 Å². The van der Waals surface area contributed by atoms with Gasteiger partial charge in [-0.2, -0.15) is 0 Å². The Labute approximate surface area is 200 Å². The Balaban J connectivity index is 1.90. The summed E-state index contributed by atoms with van der Waals surface area (Å²) in [4.78, 5) is 19.4. The van der Waals surface area contributed by atoms with Crippen LogP contribution in [-0.4, -0.2) is 30.2 Å². The number of amides is 1. The number of allylic oxidation sites excluding steroid dienone is 3. The minimum Gasteiger partial charge on any atom is -0.296 e. The maximum atomic E-state index is 12.8. The highest BCUT2D eigenvalue weighted by molar-refractivity contribution is 6.14. The number of likely N-dealkylation sites (tertiary alicyclic amines) is 1. The zero-order chi connectivity index (χ0) is 23.8. The van der Waals surface area contributed by atoms with Gasteiger partial charge in [-0.25, -0.2) is 0 Å². The number of hydrogen-bond acceptors (Lipinski definition) is 2. The summed E-state index contributed by atoms with van der Waals surface area (Å²) in [7, 11) is 1.81. The van der Waals surface area contributed by atoms with E-state index < -0.39 is 0 Å². The molecule has 0 bridgehead atoms. The summed E-state index contributed by atoms with van der Waals surface area (Å²) < 4.78 is 0. The van der Waals surface area contributed by atoms with Gasteiger partial charge in [-0.3, -0.25) is 14.7 Å². The molecular formula is C30H40N2O. The predicted octanol–water partition coefficient (Wildman–Crippen LogP) is 5.71. The van der Waals surface area contributed by atoms with Gasteiger partial charge in [0.15, 0.2) is 0 Å². The van der Waals surface area contributed by atoms with Crippen molar-refractivity contribution in [2.45, 2.75) is 72.1 Å². The smallest absolute Gasteiger partial charge is 0.232 e. The lowest BCUT2D eigenvalue weighted by atomic mass is 9.86. The van der Waals surface area contributed by atoms with Crippen LogP contribution in [-0.2, 0) is 4.79 Å². The number of carbonyl (C=O) groups excluding carboxylic acids is 1. The first-order chi connectivity index (χ1) is 15.9. The van der Waals surface area contributed by atoms with E-state index in [0.717, 1.165) is 42.7 Å². The molecule has 0 unspecified atom stereocenters. The van der Waals surface area contributed by atoms with Gasteiger partial charge >= 0.3 is 0 Å². The number of fused-ring (bicyclic) bond motifs is 1. The van der Waals surface area contributed by atoms with Crippen LogP contribution in [0.25, 0.3) is 12.2 Å². The first-order valence-electron chi connectivity index (χ1n) is 12.6. The fourth-order valence-corrected chi connectivity index (χ4v) is 4.80. The minimum absolute atomic E-state index is 0.124. The van der Waals surface area contributed by atoms with Crippen molar-refractivity contribution in [3.63, 3.8) is 0 Å². The molecule has 0 N–H and O–H groups in total. The van der Waals surface area contributed by atoms with Crippen molar-refractivity contribution in [1.82, 2.24) is 4.90 Å². The first-order valence-corrected chi connectivity index (χ1v) is 12.6. The second kappa shape index (κ2) is 12.0. The number of amidine groups is 1. The Morgan fingerprint density at radius 2 is 1.88 bits per heavy atom. The number of benzene rings is 1. The molecule has 3 nitrogen and oxygen atoms in total. The van der Waals surface area contributed by atoms with Crippen molar-refractivity contribution >= 4 is 23.9 Å². The molecule has 176 valence electrons. The molecular weight excluding hydrogens is 404 g/mol. The summed E-state index contributed by atoms with van der Waals surface area (Å²) in [6.45, 7) is 11.6. The molecule has 33 heavy (non-hydrogen) atoms. The van der Waals surface area contributed by atoms with Crippen LogP contribution in [0.3, 0.4) is 0 Å². The number of piperidine rings is 1. The van der Waals surface area contributed by atoms with E-state index >= 15 is 0 Å². The SMILES string of the molecule is C=C1CC(=O)N(CC(C)C)C(=NC)/C1=C(/CCCCC)CCC1=CC=c2ccccc2=CC1. The van der Waals surface area contributed by atoms with Crippen molar-refractivity contribution in [2.24, 2.45) is 10.9 Å². The Kier molecular flexibility index (Phi) is 9.05. The van der Waals surface area contributed by atoms with E-state index in [0.29, 0.717) is 18.9 Å². The lowest BCUT2D eigenvalue weighted by Gasteiger charge is -2.34. The van der Waals surface area contributed by atoms with Crippen LogP contribution in [0.1, 0.15) is 72.1 Å². The number of unbranched alkanes of at least 4 members (excludes halogenated alkanes) is 2. The molecule has 2 aliphatic rings. The maximum absolute atomic E-state index is 12.8. The van der Waals surface area contributed by atoms with Crippen LogP contribution in [0.15, 0.2) is 64.2 Å². The highest BCUT2D eigenvalue weighted by Gasteiger charge is 2.32. The zero-order valence-corrected chi connectivity index (χ0v) is 21.0. The molecule has 1 fully saturated rings. The minimum atomic E-state index is 0.124. The Morgan fingerprint density at radius 1 is 1.12 bits per heavy atom. The van der Waals surface area contributed by atoms with Crippen molar-refractivity contribution in [2.75, 3.05) is 13.6 Å². The fraction of sp³-hybridized carbons (Fsp3) is 0.467. The molecule has 1 saturated heterocycles. The summed E-state index contributed by atoms with van der Waals surface area (Å²) in [5, 5.41) is 2.60. The normalized spacial score (nSPS) is 19.1. The van der Waals surface area contributed by atoms with Gasteiger partial charge in [0.25, 0.3) is 0 Å². The zero-order valence-electron chi connectivity index (χ0n) is 21.0. The van der Waals surface area contributed by atoms with Crippen molar-refractivity contribution in [1.29, 1.82) is 0 Å². The van der Waals surface area contributed by atoms with Gasteiger partial charge in [0.1, 0.15) is 5.84 Å². The summed E-state index contributed by atoms with van der Waals surface area (Å²) >= 11 is 0. The number of carbonyl (C=O) groups is 1. The molecule has 1 aliphatic heterocycles. The van der Waals surface area contributed by atoms with Crippen molar-refractivity contribution in [3.8, 4) is 0 Å². The summed E-state index contributed by atoms with van der Waals surface area (Å²) in [6, 6.07) is 8.58. The number of aliphatic imine (C=N–C) groups is 1. The summed E-state index contributed by atoms with van der Waals surface area (Å²) in [5.41, 5.74) is 4.95. The summed E-state index contributed by atoms with van der Waals surface area (Å²) in [5.74, 6) is 1.35. The molecule has 0 radical (unpaired) electrons. The average Bonchev–Trinajstić information content (AvgIpc) is 3.00. The second-order valence-corrected chi connectivity index (χ2v) is 9.69.